The molecule has 1 fully saturated rings. The minimum Gasteiger partial charge on any atom is -0.345 e. The van der Waals surface area contributed by atoms with Crippen molar-refractivity contribution in [2.45, 2.75) is 33.4 Å². The monoisotopic (exact) mass is 296 g/mol. The van der Waals surface area contributed by atoms with Crippen molar-refractivity contribution in [3.8, 4) is 0 Å². The number of hydrogen-bond acceptors (Lipinski definition) is 2. The predicted molar refractivity (Wildman–Crippen MR) is 73.2 cm³/mol. The van der Waals surface area contributed by atoms with Crippen LogP contribution >= 0.6 is 0 Å². The van der Waals surface area contributed by atoms with Gasteiger partial charge in [-0.05, 0) is 17.5 Å². The molecule has 2 amide bonds. The highest BCUT2D eigenvalue weighted by molar-refractivity contribution is 5.95. The van der Waals surface area contributed by atoms with Gasteiger partial charge in [0.15, 0.2) is 0 Å². The molecule has 1 aromatic carbocycles. The van der Waals surface area contributed by atoms with E-state index in [4.69, 9.17) is 0 Å². The molecule has 0 saturated carbocycles. The van der Waals surface area contributed by atoms with Gasteiger partial charge >= 0.3 is 0 Å². The Morgan fingerprint density at radius 2 is 1.81 bits per heavy atom. The standard InChI is InChI=1S/C15H18F2N2O2/c1-15(2,3)13-14(21)18-7-12(20)19(13)8-9-10(16)5-4-6-11(9)17/h4-6,13H,7-8H2,1-3H3,(H,18,21). The Morgan fingerprint density at radius 3 is 2.33 bits per heavy atom. The minimum absolute atomic E-state index is 0.151. The lowest BCUT2D eigenvalue weighted by molar-refractivity contribution is -0.150. The quantitative estimate of drug-likeness (QED) is 0.905. The largest absolute Gasteiger partial charge is 0.345 e. The van der Waals surface area contributed by atoms with Crippen LogP contribution in [-0.2, 0) is 16.1 Å². The first-order chi connectivity index (χ1) is 9.71. The lowest BCUT2D eigenvalue weighted by atomic mass is 9.83. The van der Waals surface area contributed by atoms with Crippen LogP contribution in [0.25, 0.3) is 0 Å². The van der Waals surface area contributed by atoms with Gasteiger partial charge in [-0.25, -0.2) is 8.78 Å². The first-order valence-electron chi connectivity index (χ1n) is 6.72. The zero-order valence-electron chi connectivity index (χ0n) is 12.2. The van der Waals surface area contributed by atoms with Crippen LogP contribution in [0.2, 0.25) is 0 Å². The van der Waals surface area contributed by atoms with Crippen molar-refractivity contribution < 1.29 is 18.4 Å². The molecule has 1 atom stereocenters. The molecule has 2 rings (SSSR count). The van der Waals surface area contributed by atoms with Crippen LogP contribution in [0.15, 0.2) is 18.2 Å². The Bertz CT molecular complexity index is 561. The highest BCUT2D eigenvalue weighted by Crippen LogP contribution is 2.28. The van der Waals surface area contributed by atoms with E-state index in [1.165, 1.54) is 11.0 Å². The zero-order valence-corrected chi connectivity index (χ0v) is 12.2. The molecule has 1 aliphatic heterocycles. The van der Waals surface area contributed by atoms with Gasteiger partial charge in [0, 0.05) is 5.56 Å². The van der Waals surface area contributed by atoms with E-state index in [2.05, 4.69) is 5.32 Å². The highest BCUT2D eigenvalue weighted by atomic mass is 19.1. The Morgan fingerprint density at radius 1 is 1.24 bits per heavy atom. The lowest BCUT2D eigenvalue weighted by Gasteiger charge is -2.42. The van der Waals surface area contributed by atoms with Gasteiger partial charge in [-0.3, -0.25) is 9.59 Å². The summed E-state index contributed by atoms with van der Waals surface area (Å²) in [5, 5.41) is 2.52. The van der Waals surface area contributed by atoms with E-state index < -0.39 is 23.1 Å². The van der Waals surface area contributed by atoms with E-state index in [1.54, 1.807) is 20.8 Å². The molecule has 21 heavy (non-hydrogen) atoms. The fourth-order valence-electron chi connectivity index (χ4n) is 2.54. The number of carbonyl (C=O) groups excluding carboxylic acids is 2. The minimum atomic E-state index is -0.766. The molecule has 1 heterocycles. The third kappa shape index (κ3) is 3.04. The third-order valence-corrected chi connectivity index (χ3v) is 3.50. The van der Waals surface area contributed by atoms with Crippen LogP contribution < -0.4 is 5.32 Å². The average molecular weight is 296 g/mol. The number of carbonyl (C=O) groups is 2. The molecule has 0 bridgehead atoms. The maximum atomic E-state index is 13.8. The van der Waals surface area contributed by atoms with Crippen molar-refractivity contribution in [1.29, 1.82) is 0 Å². The van der Waals surface area contributed by atoms with Gasteiger partial charge < -0.3 is 10.2 Å². The van der Waals surface area contributed by atoms with Gasteiger partial charge in [0.1, 0.15) is 17.7 Å². The fraction of sp³-hybridized carbons (Fsp3) is 0.467. The molecule has 114 valence electrons. The van der Waals surface area contributed by atoms with Gasteiger partial charge in [0.25, 0.3) is 0 Å². The number of nitrogens with zero attached hydrogens (tertiary/aromatic N) is 1. The van der Waals surface area contributed by atoms with Crippen LogP contribution in [-0.4, -0.2) is 29.3 Å². The maximum absolute atomic E-state index is 13.8. The molecule has 1 aliphatic rings. The highest BCUT2D eigenvalue weighted by Gasteiger charge is 2.42. The Hall–Kier alpha value is -1.98. The SMILES string of the molecule is CC(C)(C)C1C(=O)NCC(=O)N1Cc1c(F)cccc1F. The number of benzene rings is 1. The van der Waals surface area contributed by atoms with Crippen molar-refractivity contribution in [3.05, 3.63) is 35.4 Å². The number of halogens is 2. The number of amides is 2. The molecule has 6 heteroatoms. The van der Waals surface area contributed by atoms with Crippen LogP contribution in [0.1, 0.15) is 26.3 Å². The molecule has 0 aliphatic carbocycles. The van der Waals surface area contributed by atoms with Crippen LogP contribution in [0, 0.1) is 17.0 Å². The van der Waals surface area contributed by atoms with E-state index in [-0.39, 0.29) is 30.5 Å². The molecule has 1 saturated heterocycles. The van der Waals surface area contributed by atoms with Crippen molar-refractivity contribution >= 4 is 11.8 Å². The van der Waals surface area contributed by atoms with Gasteiger partial charge in [0.2, 0.25) is 11.8 Å². The Balaban J connectivity index is 2.38. The molecule has 0 spiro atoms. The Kier molecular flexibility index (Phi) is 3.98. The summed E-state index contributed by atoms with van der Waals surface area (Å²) < 4.78 is 27.5. The van der Waals surface area contributed by atoms with Gasteiger partial charge in [0.05, 0.1) is 13.1 Å². The number of nitrogens with one attached hydrogen (secondary N) is 1. The molecule has 1 aromatic rings. The van der Waals surface area contributed by atoms with E-state index in [0.29, 0.717) is 0 Å². The number of hydrogen-bond donors (Lipinski definition) is 1. The molecule has 0 aromatic heterocycles. The zero-order chi connectivity index (χ0) is 15.8. The van der Waals surface area contributed by atoms with Crippen LogP contribution in [0.4, 0.5) is 8.78 Å². The summed E-state index contributed by atoms with van der Waals surface area (Å²) in [7, 11) is 0. The smallest absolute Gasteiger partial charge is 0.243 e. The predicted octanol–water partition coefficient (Wildman–Crippen LogP) is 1.84. The molecule has 1 unspecified atom stereocenters. The van der Waals surface area contributed by atoms with E-state index in [0.717, 1.165) is 12.1 Å². The van der Waals surface area contributed by atoms with Crippen molar-refractivity contribution in [2.24, 2.45) is 5.41 Å². The average Bonchev–Trinajstić information content (AvgIpc) is 2.36. The summed E-state index contributed by atoms with van der Waals surface area (Å²) in [6.07, 6.45) is 0. The Labute approximate surface area is 122 Å². The molecule has 4 nitrogen and oxygen atoms in total. The van der Waals surface area contributed by atoms with E-state index in [1.807, 2.05) is 0 Å². The van der Waals surface area contributed by atoms with Crippen LogP contribution in [0.5, 0.6) is 0 Å². The summed E-state index contributed by atoms with van der Waals surface area (Å²) in [4.78, 5) is 25.4. The summed E-state index contributed by atoms with van der Waals surface area (Å²) >= 11 is 0. The second-order valence-corrected chi connectivity index (χ2v) is 6.21. The maximum Gasteiger partial charge on any atom is 0.243 e. The third-order valence-electron chi connectivity index (χ3n) is 3.50. The van der Waals surface area contributed by atoms with Gasteiger partial charge in [-0.15, -0.1) is 0 Å². The summed E-state index contributed by atoms with van der Waals surface area (Å²) in [5.74, 6) is -2.10. The van der Waals surface area contributed by atoms with Gasteiger partial charge in [-0.2, -0.15) is 0 Å². The van der Waals surface area contributed by atoms with Crippen molar-refractivity contribution in [3.63, 3.8) is 0 Å². The molecular formula is C15H18F2N2O2. The van der Waals surface area contributed by atoms with Crippen molar-refractivity contribution in [2.75, 3.05) is 6.54 Å². The summed E-state index contributed by atoms with van der Waals surface area (Å²) in [5.41, 5.74) is -0.739. The molecule has 0 radical (unpaired) electrons. The van der Waals surface area contributed by atoms with Gasteiger partial charge in [-0.1, -0.05) is 26.8 Å². The topological polar surface area (TPSA) is 49.4 Å². The van der Waals surface area contributed by atoms with E-state index in [9.17, 15) is 18.4 Å². The second-order valence-electron chi connectivity index (χ2n) is 6.21. The normalized spacial score (nSPS) is 19.7. The first-order valence-corrected chi connectivity index (χ1v) is 6.72. The summed E-state index contributed by atoms with van der Waals surface area (Å²) in [6, 6.07) is 2.77. The number of piperazine rings is 1. The van der Waals surface area contributed by atoms with Crippen molar-refractivity contribution in [1.82, 2.24) is 10.2 Å². The molecular weight excluding hydrogens is 278 g/mol. The number of rotatable bonds is 2. The molecule has 1 N–H and O–H groups in total. The second kappa shape index (κ2) is 5.42. The summed E-state index contributed by atoms with van der Waals surface area (Å²) in [6.45, 7) is 5.01. The van der Waals surface area contributed by atoms with Crippen LogP contribution in [0.3, 0.4) is 0 Å². The first kappa shape index (κ1) is 15.4. The van der Waals surface area contributed by atoms with E-state index >= 15 is 0 Å². The fourth-order valence-corrected chi connectivity index (χ4v) is 2.54. The lowest BCUT2D eigenvalue weighted by Crippen LogP contribution is -2.62.